The van der Waals surface area contributed by atoms with Crippen molar-refractivity contribution in [1.82, 2.24) is 0 Å². The van der Waals surface area contributed by atoms with Crippen LogP contribution >= 0.6 is 0 Å². The normalized spacial score (nSPS) is 24.7. The van der Waals surface area contributed by atoms with Gasteiger partial charge in [-0.25, -0.2) is 0 Å². The van der Waals surface area contributed by atoms with E-state index >= 15 is 0 Å². The summed E-state index contributed by atoms with van der Waals surface area (Å²) in [6, 6.07) is 7.95. The van der Waals surface area contributed by atoms with E-state index in [1.807, 2.05) is 31.2 Å². The first-order valence-corrected chi connectivity index (χ1v) is 7.87. The van der Waals surface area contributed by atoms with E-state index in [4.69, 9.17) is 4.74 Å². The fourth-order valence-corrected chi connectivity index (χ4v) is 3.79. The van der Waals surface area contributed by atoms with Crippen LogP contribution in [0.5, 0.6) is 0 Å². The molecule has 1 aliphatic heterocycles. The van der Waals surface area contributed by atoms with Gasteiger partial charge in [0.2, 0.25) is 0 Å². The zero-order valence-corrected chi connectivity index (χ0v) is 12.3. The lowest BCUT2D eigenvalue weighted by Crippen LogP contribution is -2.40. The van der Waals surface area contributed by atoms with Crippen LogP contribution in [0.2, 0.25) is 0 Å². The molecule has 1 saturated heterocycles. The lowest BCUT2D eigenvalue weighted by atomic mass is 9.81. The molecule has 0 spiro atoms. The number of hydrogen-bond acceptors (Lipinski definition) is 2. The molecule has 2 rings (SSSR count). The van der Waals surface area contributed by atoms with E-state index in [9.17, 15) is 4.21 Å². The van der Waals surface area contributed by atoms with Crippen LogP contribution in [0.3, 0.4) is 0 Å². The van der Waals surface area contributed by atoms with Crippen LogP contribution in [0.4, 0.5) is 0 Å². The van der Waals surface area contributed by atoms with Crippen molar-refractivity contribution in [1.29, 1.82) is 0 Å². The zero-order chi connectivity index (χ0) is 13.2. The van der Waals surface area contributed by atoms with Crippen molar-refractivity contribution in [3.05, 3.63) is 29.8 Å². The molecular weight excluding hydrogens is 244 g/mol. The van der Waals surface area contributed by atoms with E-state index in [1.165, 1.54) is 5.56 Å². The topological polar surface area (TPSA) is 26.3 Å². The summed E-state index contributed by atoms with van der Waals surface area (Å²) >= 11 is 0. The van der Waals surface area contributed by atoms with Crippen LogP contribution in [-0.2, 0) is 15.5 Å². The van der Waals surface area contributed by atoms with Gasteiger partial charge in [0.25, 0.3) is 0 Å². The molecule has 2 nitrogen and oxygen atoms in total. The van der Waals surface area contributed by atoms with E-state index < -0.39 is 10.8 Å². The Morgan fingerprint density at radius 3 is 2.61 bits per heavy atom. The monoisotopic (exact) mass is 266 g/mol. The summed E-state index contributed by atoms with van der Waals surface area (Å²) in [7, 11) is -0.961. The number of benzene rings is 1. The second-order valence-corrected chi connectivity index (χ2v) is 7.27. The van der Waals surface area contributed by atoms with Crippen molar-refractivity contribution in [2.24, 2.45) is 5.41 Å². The first kappa shape index (κ1) is 13.8. The molecule has 0 N–H and O–H groups in total. The average Bonchev–Trinajstić information content (AvgIpc) is 2.32. The maximum atomic E-state index is 12.3. The first-order chi connectivity index (χ1) is 8.49. The summed E-state index contributed by atoms with van der Waals surface area (Å²) < 4.78 is 18.2. The van der Waals surface area contributed by atoms with Gasteiger partial charge in [0.1, 0.15) is 0 Å². The van der Waals surface area contributed by atoms with Crippen molar-refractivity contribution in [2.75, 3.05) is 12.4 Å². The number of aryl methyl sites for hydroxylation is 1. The molecule has 1 aliphatic rings. The summed E-state index contributed by atoms with van der Waals surface area (Å²) in [6.45, 7) is 7.27. The van der Waals surface area contributed by atoms with Crippen LogP contribution < -0.4 is 0 Å². The van der Waals surface area contributed by atoms with Crippen LogP contribution in [-0.4, -0.2) is 22.7 Å². The Balaban J connectivity index is 2.04. The Bertz CT molecular complexity index is 423. The van der Waals surface area contributed by atoms with Crippen molar-refractivity contribution >= 4 is 10.8 Å². The maximum Gasteiger partial charge on any atom is 0.0744 e. The Morgan fingerprint density at radius 2 is 2.00 bits per heavy atom. The van der Waals surface area contributed by atoms with E-state index in [2.05, 4.69) is 13.8 Å². The summed E-state index contributed by atoms with van der Waals surface area (Å²) in [6.07, 6.45) is 2.37. The molecule has 0 aliphatic carbocycles. The summed E-state index contributed by atoms with van der Waals surface area (Å²) in [4.78, 5) is 0.908. The van der Waals surface area contributed by atoms with Gasteiger partial charge in [-0.2, -0.15) is 0 Å². The highest BCUT2D eigenvalue weighted by molar-refractivity contribution is 7.85. The average molecular weight is 266 g/mol. The molecule has 1 aromatic rings. The smallest absolute Gasteiger partial charge is 0.0744 e. The van der Waals surface area contributed by atoms with E-state index in [-0.39, 0.29) is 11.5 Å². The third-order valence-electron chi connectivity index (χ3n) is 3.74. The van der Waals surface area contributed by atoms with Gasteiger partial charge in [-0.3, -0.25) is 4.21 Å². The number of hydrogen-bond donors (Lipinski definition) is 0. The minimum absolute atomic E-state index is 0.105. The highest BCUT2D eigenvalue weighted by Crippen LogP contribution is 2.34. The molecule has 2 atom stereocenters. The predicted octanol–water partition coefficient (Wildman–Crippen LogP) is 3.31. The SMILES string of the molecule is Cc1ccc(S(=O)CC2OCCCC2(C)C)cc1. The minimum atomic E-state index is -0.961. The van der Waals surface area contributed by atoms with Crippen LogP contribution in [0.25, 0.3) is 0 Å². The maximum absolute atomic E-state index is 12.3. The van der Waals surface area contributed by atoms with Gasteiger partial charge in [0, 0.05) is 11.5 Å². The molecule has 3 heteroatoms. The molecule has 0 saturated carbocycles. The number of rotatable bonds is 3. The van der Waals surface area contributed by atoms with Gasteiger partial charge in [-0.05, 0) is 37.3 Å². The molecule has 0 aromatic heterocycles. The summed E-state index contributed by atoms with van der Waals surface area (Å²) in [5, 5.41) is 0. The van der Waals surface area contributed by atoms with Crippen molar-refractivity contribution in [3.63, 3.8) is 0 Å². The molecule has 0 bridgehead atoms. The highest BCUT2D eigenvalue weighted by Gasteiger charge is 2.34. The van der Waals surface area contributed by atoms with Crippen LogP contribution in [0, 0.1) is 12.3 Å². The van der Waals surface area contributed by atoms with Gasteiger partial charge in [-0.15, -0.1) is 0 Å². The fraction of sp³-hybridized carbons (Fsp3) is 0.600. The number of ether oxygens (including phenoxy) is 1. The quantitative estimate of drug-likeness (QED) is 0.839. The standard InChI is InChI=1S/C15H22O2S/c1-12-5-7-13(8-6-12)18(16)11-14-15(2,3)9-4-10-17-14/h5-8,14H,4,9-11H2,1-3H3. The lowest BCUT2D eigenvalue weighted by molar-refractivity contribution is -0.0532. The highest BCUT2D eigenvalue weighted by atomic mass is 32.2. The molecule has 100 valence electrons. The van der Waals surface area contributed by atoms with E-state index in [0.717, 1.165) is 24.3 Å². The lowest BCUT2D eigenvalue weighted by Gasteiger charge is -2.38. The van der Waals surface area contributed by atoms with Gasteiger partial charge in [-0.1, -0.05) is 31.5 Å². The third-order valence-corrected chi connectivity index (χ3v) is 5.15. The van der Waals surface area contributed by atoms with Crippen molar-refractivity contribution in [2.45, 2.75) is 44.6 Å². The van der Waals surface area contributed by atoms with E-state index in [1.54, 1.807) is 0 Å². The van der Waals surface area contributed by atoms with Crippen molar-refractivity contribution in [3.8, 4) is 0 Å². The molecule has 0 radical (unpaired) electrons. The predicted molar refractivity (Wildman–Crippen MR) is 75.2 cm³/mol. The molecule has 1 heterocycles. The largest absolute Gasteiger partial charge is 0.377 e. The van der Waals surface area contributed by atoms with Crippen LogP contribution in [0.1, 0.15) is 32.3 Å². The molecule has 1 fully saturated rings. The van der Waals surface area contributed by atoms with Gasteiger partial charge in [0.15, 0.2) is 0 Å². The Hall–Kier alpha value is -0.670. The second kappa shape index (κ2) is 5.54. The summed E-state index contributed by atoms with van der Waals surface area (Å²) in [5.41, 5.74) is 1.34. The molecule has 18 heavy (non-hydrogen) atoms. The summed E-state index contributed by atoms with van der Waals surface area (Å²) in [5.74, 6) is 0.607. The van der Waals surface area contributed by atoms with Crippen LogP contribution in [0.15, 0.2) is 29.2 Å². The van der Waals surface area contributed by atoms with Gasteiger partial charge >= 0.3 is 0 Å². The molecule has 2 unspecified atom stereocenters. The molecule has 1 aromatic carbocycles. The van der Waals surface area contributed by atoms with Gasteiger partial charge in [0.05, 0.1) is 22.7 Å². The second-order valence-electron chi connectivity index (χ2n) is 5.78. The fourth-order valence-electron chi connectivity index (χ4n) is 2.34. The van der Waals surface area contributed by atoms with E-state index in [0.29, 0.717) is 5.75 Å². The minimum Gasteiger partial charge on any atom is -0.377 e. The van der Waals surface area contributed by atoms with Gasteiger partial charge < -0.3 is 4.74 Å². The third kappa shape index (κ3) is 3.21. The zero-order valence-electron chi connectivity index (χ0n) is 11.4. The molecule has 0 amide bonds. The Labute approximate surface area is 112 Å². The molecular formula is C15H22O2S. The Morgan fingerprint density at radius 1 is 1.33 bits per heavy atom. The van der Waals surface area contributed by atoms with Crippen molar-refractivity contribution < 1.29 is 8.95 Å². The Kier molecular flexibility index (Phi) is 4.23. The first-order valence-electron chi connectivity index (χ1n) is 6.56.